The number of allylic oxidation sites excluding steroid dienone is 2. The molecule has 2 N–H and O–H groups in total. The maximum Gasteiger partial charge on any atom is 0.407 e. The van der Waals surface area contributed by atoms with Crippen LogP contribution in [0.25, 0.3) is 0 Å². The zero-order chi connectivity index (χ0) is 16.5. The van der Waals surface area contributed by atoms with E-state index >= 15 is 0 Å². The number of fused-ring (bicyclic) bond motifs is 1. The minimum atomic E-state index is -0.803. The number of carboxylic acids is 1. The van der Waals surface area contributed by atoms with Gasteiger partial charge in [-0.3, -0.25) is 4.79 Å². The summed E-state index contributed by atoms with van der Waals surface area (Å²) in [6.07, 6.45) is 4.83. The number of ether oxygens (including phenoxy) is 1. The summed E-state index contributed by atoms with van der Waals surface area (Å²) in [5, 5.41) is 12.0. The molecule has 0 heterocycles. The van der Waals surface area contributed by atoms with Crippen LogP contribution in [-0.2, 0) is 9.53 Å². The topological polar surface area (TPSA) is 75.6 Å². The molecule has 22 heavy (non-hydrogen) atoms. The van der Waals surface area contributed by atoms with Crippen molar-refractivity contribution < 1.29 is 19.4 Å². The van der Waals surface area contributed by atoms with E-state index in [1.165, 1.54) is 5.57 Å². The van der Waals surface area contributed by atoms with Crippen LogP contribution in [-0.4, -0.2) is 29.3 Å². The van der Waals surface area contributed by atoms with Crippen molar-refractivity contribution in [2.75, 3.05) is 6.54 Å². The molecule has 2 aliphatic rings. The minimum absolute atomic E-state index is 0.0947. The van der Waals surface area contributed by atoms with Gasteiger partial charge >= 0.3 is 12.1 Å². The van der Waals surface area contributed by atoms with Crippen LogP contribution in [0.15, 0.2) is 11.6 Å². The van der Waals surface area contributed by atoms with E-state index in [9.17, 15) is 14.7 Å². The molecule has 5 nitrogen and oxygen atoms in total. The first kappa shape index (κ1) is 16.8. The van der Waals surface area contributed by atoms with E-state index < -0.39 is 17.7 Å². The lowest BCUT2D eigenvalue weighted by Gasteiger charge is -2.51. The Morgan fingerprint density at radius 1 is 1.45 bits per heavy atom. The summed E-state index contributed by atoms with van der Waals surface area (Å²) < 4.78 is 5.25. The minimum Gasteiger partial charge on any atom is -0.481 e. The maximum absolute atomic E-state index is 11.8. The van der Waals surface area contributed by atoms with Gasteiger partial charge in [-0.15, -0.1) is 0 Å². The van der Waals surface area contributed by atoms with Crippen molar-refractivity contribution in [2.24, 2.45) is 17.3 Å². The van der Waals surface area contributed by atoms with Crippen LogP contribution in [0.3, 0.4) is 0 Å². The predicted octanol–water partition coefficient (Wildman–Crippen LogP) is 3.35. The highest BCUT2D eigenvalue weighted by molar-refractivity contribution is 5.70. The Kier molecular flexibility index (Phi) is 4.54. The van der Waals surface area contributed by atoms with Crippen molar-refractivity contribution >= 4 is 12.1 Å². The number of carbonyl (C=O) groups excluding carboxylic acids is 1. The number of alkyl carbamates (subject to hydrolysis) is 1. The molecule has 1 saturated carbocycles. The third-order valence-electron chi connectivity index (χ3n) is 4.76. The van der Waals surface area contributed by atoms with Crippen LogP contribution in [0.5, 0.6) is 0 Å². The molecule has 0 aromatic carbocycles. The normalized spacial score (nSPS) is 30.1. The maximum atomic E-state index is 11.8. The molecule has 0 aliphatic heterocycles. The average molecular weight is 309 g/mol. The van der Waals surface area contributed by atoms with Crippen LogP contribution in [0.4, 0.5) is 4.79 Å². The first-order valence-corrected chi connectivity index (χ1v) is 8.03. The highest BCUT2D eigenvalue weighted by Crippen LogP contribution is 2.59. The van der Waals surface area contributed by atoms with Gasteiger partial charge < -0.3 is 15.2 Å². The number of nitrogens with one attached hydrogen (secondary N) is 1. The fourth-order valence-corrected chi connectivity index (χ4v) is 3.86. The zero-order valence-corrected chi connectivity index (χ0v) is 13.9. The van der Waals surface area contributed by atoms with Gasteiger partial charge in [-0.1, -0.05) is 18.6 Å². The standard InChI is InChI=1S/C17H27NO4/c1-5-11-6-12-8-17(9-14(19)20,13(12)7-11)10-18-15(21)22-16(2,3)4/h7,12-13H,5-6,8-10H2,1-4H3,(H,18,21)(H,19,20)/t12-,13+,17?/m0/s1. The van der Waals surface area contributed by atoms with Crippen LogP contribution in [0, 0.1) is 17.3 Å². The third-order valence-corrected chi connectivity index (χ3v) is 4.76. The van der Waals surface area contributed by atoms with Crippen molar-refractivity contribution in [3.05, 3.63) is 11.6 Å². The molecule has 0 saturated heterocycles. The molecule has 3 atom stereocenters. The van der Waals surface area contributed by atoms with Crippen molar-refractivity contribution in [1.29, 1.82) is 0 Å². The summed E-state index contributed by atoms with van der Waals surface area (Å²) in [6.45, 7) is 7.93. The summed E-state index contributed by atoms with van der Waals surface area (Å²) in [5.74, 6) is 0.0195. The molecule has 0 radical (unpaired) electrons. The first-order valence-electron chi connectivity index (χ1n) is 8.03. The van der Waals surface area contributed by atoms with E-state index in [0.29, 0.717) is 12.5 Å². The van der Waals surface area contributed by atoms with Crippen LogP contribution >= 0.6 is 0 Å². The first-order chi connectivity index (χ1) is 10.1. The van der Waals surface area contributed by atoms with Crippen molar-refractivity contribution in [2.45, 2.75) is 59.0 Å². The van der Waals surface area contributed by atoms with E-state index in [1.807, 2.05) is 20.8 Å². The second-order valence-corrected chi connectivity index (χ2v) is 7.66. The average Bonchev–Trinajstić information content (AvgIpc) is 2.70. The molecule has 2 aliphatic carbocycles. The number of carboxylic acid groups (broad SMARTS) is 1. The van der Waals surface area contributed by atoms with Crippen LogP contribution in [0.2, 0.25) is 0 Å². The molecule has 0 spiro atoms. The Morgan fingerprint density at radius 2 is 2.14 bits per heavy atom. The van der Waals surface area contributed by atoms with E-state index in [4.69, 9.17) is 4.74 Å². The van der Waals surface area contributed by atoms with Gasteiger partial charge in [0.2, 0.25) is 0 Å². The highest BCUT2D eigenvalue weighted by Gasteiger charge is 2.55. The van der Waals surface area contributed by atoms with Gasteiger partial charge in [0.1, 0.15) is 5.60 Å². The summed E-state index contributed by atoms with van der Waals surface area (Å²) in [4.78, 5) is 23.1. The molecule has 1 amide bonds. The quantitative estimate of drug-likeness (QED) is 0.764. The van der Waals surface area contributed by atoms with Gasteiger partial charge in [0, 0.05) is 12.0 Å². The highest BCUT2D eigenvalue weighted by atomic mass is 16.6. The number of rotatable bonds is 5. The van der Waals surface area contributed by atoms with Gasteiger partial charge in [-0.25, -0.2) is 4.79 Å². The number of amides is 1. The lowest BCUT2D eigenvalue weighted by Crippen LogP contribution is -2.53. The molecule has 5 heteroatoms. The summed E-state index contributed by atoms with van der Waals surface area (Å²) in [7, 11) is 0. The zero-order valence-electron chi connectivity index (χ0n) is 13.9. The summed E-state index contributed by atoms with van der Waals surface area (Å²) >= 11 is 0. The number of hydrogen-bond donors (Lipinski definition) is 2. The lowest BCUT2D eigenvalue weighted by atomic mass is 9.53. The molecule has 2 rings (SSSR count). The smallest absolute Gasteiger partial charge is 0.407 e. The van der Waals surface area contributed by atoms with E-state index in [2.05, 4.69) is 18.3 Å². The predicted molar refractivity (Wildman–Crippen MR) is 83.5 cm³/mol. The largest absolute Gasteiger partial charge is 0.481 e. The monoisotopic (exact) mass is 309 g/mol. The number of carbonyl (C=O) groups is 2. The Labute approximate surface area is 132 Å². The Balaban J connectivity index is 2.01. The molecule has 1 fully saturated rings. The molecule has 124 valence electrons. The van der Waals surface area contributed by atoms with Gasteiger partial charge in [-0.2, -0.15) is 0 Å². The number of aliphatic carboxylic acids is 1. The van der Waals surface area contributed by atoms with Crippen LogP contribution < -0.4 is 5.32 Å². The van der Waals surface area contributed by atoms with Crippen LogP contribution in [0.1, 0.15) is 53.4 Å². The molecular formula is C17H27NO4. The molecule has 0 bridgehead atoms. The Morgan fingerprint density at radius 3 is 2.68 bits per heavy atom. The molecule has 1 unspecified atom stereocenters. The van der Waals surface area contributed by atoms with Crippen molar-refractivity contribution in [1.82, 2.24) is 5.32 Å². The SMILES string of the molecule is CCC1=C[C@@H]2[C@@H](C1)CC2(CNC(=O)OC(C)(C)C)CC(=O)O. The molecule has 0 aromatic rings. The van der Waals surface area contributed by atoms with E-state index in [1.54, 1.807) is 0 Å². The molecular weight excluding hydrogens is 282 g/mol. The second kappa shape index (κ2) is 5.94. The second-order valence-electron chi connectivity index (χ2n) is 7.66. The van der Waals surface area contributed by atoms with Gasteiger partial charge in [0.15, 0.2) is 0 Å². The third kappa shape index (κ3) is 3.62. The van der Waals surface area contributed by atoms with E-state index in [0.717, 1.165) is 19.3 Å². The van der Waals surface area contributed by atoms with Crippen molar-refractivity contribution in [3.8, 4) is 0 Å². The van der Waals surface area contributed by atoms with E-state index in [-0.39, 0.29) is 17.8 Å². The lowest BCUT2D eigenvalue weighted by molar-refractivity contribution is -0.144. The fraction of sp³-hybridized carbons (Fsp3) is 0.765. The van der Waals surface area contributed by atoms with Gasteiger partial charge in [0.05, 0.1) is 6.42 Å². The Bertz CT molecular complexity index is 491. The summed E-state index contributed by atoms with van der Waals surface area (Å²) in [6, 6.07) is 0. The van der Waals surface area contributed by atoms with Crippen molar-refractivity contribution in [3.63, 3.8) is 0 Å². The van der Waals surface area contributed by atoms with Gasteiger partial charge in [0.25, 0.3) is 0 Å². The fourth-order valence-electron chi connectivity index (χ4n) is 3.86. The molecule has 0 aromatic heterocycles. The summed E-state index contributed by atoms with van der Waals surface area (Å²) in [5.41, 5.74) is 0.513. The Hall–Kier alpha value is -1.52. The van der Waals surface area contributed by atoms with Gasteiger partial charge in [-0.05, 0) is 51.9 Å². The number of hydrogen-bond acceptors (Lipinski definition) is 3.